The molecule has 132 valence electrons. The number of carboxylic acids is 1. The number of hydrogen-bond donors (Lipinski definition) is 1. The average molecular weight is 392 g/mol. The monoisotopic (exact) mass is 391 g/mol. The smallest absolute Gasteiger partial charge is 0.335 e. The molecule has 0 aliphatic heterocycles. The fourth-order valence-corrected chi connectivity index (χ4v) is 2.65. The highest BCUT2D eigenvalue weighted by molar-refractivity contribution is 6.36. The summed E-state index contributed by atoms with van der Waals surface area (Å²) in [6, 6.07) is 10.3. The second-order valence-corrected chi connectivity index (χ2v) is 6.10. The third kappa shape index (κ3) is 3.54. The van der Waals surface area contributed by atoms with Crippen LogP contribution in [0, 0.1) is 0 Å². The first-order chi connectivity index (χ1) is 12.4. The first kappa shape index (κ1) is 17.9. The Balaban J connectivity index is 1.84. The van der Waals surface area contributed by atoms with Gasteiger partial charge in [-0.1, -0.05) is 28.3 Å². The standard InChI is InChI=1S/C17H11Cl2N3O4/c1-22(15(23)9-2-4-10(5-3-9)16(24)25)17-21-20-14(26-17)12-7-6-11(18)8-13(12)19/h2-8H,1H3,(H,24,25). The molecule has 0 saturated heterocycles. The van der Waals surface area contributed by atoms with Crippen molar-refractivity contribution in [1.82, 2.24) is 10.2 Å². The summed E-state index contributed by atoms with van der Waals surface area (Å²) in [6.07, 6.45) is 0. The molecule has 1 aromatic heterocycles. The molecule has 0 fully saturated rings. The fraction of sp³-hybridized carbons (Fsp3) is 0.0588. The van der Waals surface area contributed by atoms with E-state index in [-0.39, 0.29) is 23.0 Å². The third-order valence-corrected chi connectivity index (χ3v) is 4.09. The van der Waals surface area contributed by atoms with Gasteiger partial charge in [0.05, 0.1) is 16.1 Å². The molecule has 0 unspecified atom stereocenters. The summed E-state index contributed by atoms with van der Waals surface area (Å²) < 4.78 is 5.52. The van der Waals surface area contributed by atoms with E-state index in [9.17, 15) is 9.59 Å². The molecule has 0 aliphatic rings. The zero-order valence-electron chi connectivity index (χ0n) is 13.3. The van der Waals surface area contributed by atoms with Gasteiger partial charge in [-0.3, -0.25) is 9.69 Å². The molecule has 1 N–H and O–H groups in total. The van der Waals surface area contributed by atoms with Gasteiger partial charge in [0, 0.05) is 17.6 Å². The van der Waals surface area contributed by atoms with Crippen LogP contribution in [-0.4, -0.2) is 34.2 Å². The molecule has 1 amide bonds. The van der Waals surface area contributed by atoms with E-state index in [0.29, 0.717) is 15.6 Å². The lowest BCUT2D eigenvalue weighted by Gasteiger charge is -2.12. The normalized spacial score (nSPS) is 10.6. The van der Waals surface area contributed by atoms with Crippen LogP contribution in [0.3, 0.4) is 0 Å². The van der Waals surface area contributed by atoms with E-state index in [0.717, 1.165) is 4.90 Å². The molecule has 3 aromatic rings. The second kappa shape index (κ2) is 7.15. The molecule has 0 radical (unpaired) electrons. The molecular formula is C17H11Cl2N3O4. The molecule has 9 heteroatoms. The topological polar surface area (TPSA) is 96.5 Å². The Morgan fingerprint density at radius 1 is 1.04 bits per heavy atom. The Bertz CT molecular complexity index is 986. The van der Waals surface area contributed by atoms with Crippen molar-refractivity contribution in [3.8, 4) is 11.5 Å². The van der Waals surface area contributed by atoms with Gasteiger partial charge in [-0.25, -0.2) is 4.79 Å². The predicted molar refractivity (Wildman–Crippen MR) is 95.9 cm³/mol. The lowest BCUT2D eigenvalue weighted by atomic mass is 10.1. The molecule has 0 spiro atoms. The minimum Gasteiger partial charge on any atom is -0.478 e. The first-order valence-electron chi connectivity index (χ1n) is 7.27. The van der Waals surface area contributed by atoms with Crippen molar-refractivity contribution in [3.05, 3.63) is 63.6 Å². The molecular weight excluding hydrogens is 381 g/mol. The van der Waals surface area contributed by atoms with Gasteiger partial charge in [-0.15, -0.1) is 5.10 Å². The average Bonchev–Trinajstić information content (AvgIpc) is 3.10. The van der Waals surface area contributed by atoms with Crippen LogP contribution >= 0.6 is 23.2 Å². The highest BCUT2D eigenvalue weighted by Crippen LogP contribution is 2.30. The first-order valence-corrected chi connectivity index (χ1v) is 8.03. The van der Waals surface area contributed by atoms with Gasteiger partial charge in [0.1, 0.15) is 0 Å². The molecule has 0 atom stereocenters. The number of anilines is 1. The molecule has 0 bridgehead atoms. The molecule has 0 aliphatic carbocycles. The van der Waals surface area contributed by atoms with Gasteiger partial charge in [0.2, 0.25) is 0 Å². The Morgan fingerprint density at radius 3 is 2.31 bits per heavy atom. The lowest BCUT2D eigenvalue weighted by Crippen LogP contribution is -2.26. The van der Waals surface area contributed by atoms with Crippen molar-refractivity contribution >= 4 is 41.1 Å². The lowest BCUT2D eigenvalue weighted by molar-refractivity contribution is 0.0696. The molecule has 2 aromatic carbocycles. The van der Waals surface area contributed by atoms with Gasteiger partial charge in [-0.05, 0) is 42.5 Å². The van der Waals surface area contributed by atoms with E-state index in [1.54, 1.807) is 18.2 Å². The van der Waals surface area contributed by atoms with E-state index < -0.39 is 11.9 Å². The van der Waals surface area contributed by atoms with Crippen LogP contribution in [0.1, 0.15) is 20.7 Å². The highest BCUT2D eigenvalue weighted by atomic mass is 35.5. The van der Waals surface area contributed by atoms with Gasteiger partial charge in [0.25, 0.3) is 11.8 Å². The van der Waals surface area contributed by atoms with Crippen molar-refractivity contribution in [2.45, 2.75) is 0 Å². The summed E-state index contributed by atoms with van der Waals surface area (Å²) in [6.45, 7) is 0. The number of benzene rings is 2. The second-order valence-electron chi connectivity index (χ2n) is 5.26. The summed E-state index contributed by atoms with van der Waals surface area (Å²) >= 11 is 12.0. The van der Waals surface area contributed by atoms with E-state index in [1.165, 1.54) is 31.3 Å². The zero-order valence-corrected chi connectivity index (χ0v) is 14.8. The number of amides is 1. The number of aromatic nitrogens is 2. The van der Waals surface area contributed by atoms with Gasteiger partial charge < -0.3 is 9.52 Å². The van der Waals surface area contributed by atoms with E-state index in [2.05, 4.69) is 10.2 Å². The summed E-state index contributed by atoms with van der Waals surface area (Å²) in [4.78, 5) is 24.5. The van der Waals surface area contributed by atoms with Crippen LogP contribution < -0.4 is 4.90 Å². The number of nitrogens with zero attached hydrogens (tertiary/aromatic N) is 3. The predicted octanol–water partition coefficient (Wildman–Crippen LogP) is 4.02. The van der Waals surface area contributed by atoms with E-state index in [1.807, 2.05) is 0 Å². The Kier molecular flexibility index (Phi) is 4.92. The number of carbonyl (C=O) groups is 2. The van der Waals surface area contributed by atoms with Crippen LogP contribution in [0.2, 0.25) is 10.0 Å². The van der Waals surface area contributed by atoms with Gasteiger partial charge in [0.15, 0.2) is 0 Å². The van der Waals surface area contributed by atoms with Crippen molar-refractivity contribution in [1.29, 1.82) is 0 Å². The number of halogens is 2. The minimum atomic E-state index is -1.07. The van der Waals surface area contributed by atoms with Gasteiger partial charge in [-0.2, -0.15) is 0 Å². The summed E-state index contributed by atoms with van der Waals surface area (Å²) in [5.74, 6) is -1.36. The maximum atomic E-state index is 12.5. The quantitative estimate of drug-likeness (QED) is 0.721. The van der Waals surface area contributed by atoms with Crippen molar-refractivity contribution < 1.29 is 19.1 Å². The molecule has 0 saturated carbocycles. The van der Waals surface area contributed by atoms with Crippen molar-refractivity contribution in [2.75, 3.05) is 11.9 Å². The number of carboxylic acid groups (broad SMARTS) is 1. The van der Waals surface area contributed by atoms with E-state index >= 15 is 0 Å². The molecule has 26 heavy (non-hydrogen) atoms. The largest absolute Gasteiger partial charge is 0.478 e. The van der Waals surface area contributed by atoms with Crippen molar-refractivity contribution in [3.63, 3.8) is 0 Å². The summed E-state index contributed by atoms with van der Waals surface area (Å²) in [5.41, 5.74) is 0.852. The number of hydrogen-bond acceptors (Lipinski definition) is 5. The van der Waals surface area contributed by atoms with Crippen LogP contribution in [-0.2, 0) is 0 Å². The molecule has 7 nitrogen and oxygen atoms in total. The van der Waals surface area contributed by atoms with Crippen LogP contribution in [0.25, 0.3) is 11.5 Å². The number of aromatic carboxylic acids is 1. The molecule has 3 rings (SSSR count). The maximum Gasteiger partial charge on any atom is 0.335 e. The Hall–Kier alpha value is -2.90. The summed E-state index contributed by atoms with van der Waals surface area (Å²) in [5, 5.41) is 17.5. The number of rotatable bonds is 4. The minimum absolute atomic E-state index is 0.0293. The van der Waals surface area contributed by atoms with Crippen LogP contribution in [0.15, 0.2) is 46.9 Å². The molecule has 1 heterocycles. The third-order valence-electron chi connectivity index (χ3n) is 3.55. The van der Waals surface area contributed by atoms with Crippen LogP contribution in [0.5, 0.6) is 0 Å². The SMILES string of the molecule is CN(C(=O)c1ccc(C(=O)O)cc1)c1nnc(-c2ccc(Cl)cc2Cl)o1. The van der Waals surface area contributed by atoms with Crippen molar-refractivity contribution in [2.24, 2.45) is 0 Å². The highest BCUT2D eigenvalue weighted by Gasteiger charge is 2.21. The zero-order chi connectivity index (χ0) is 18.8. The summed E-state index contributed by atoms with van der Waals surface area (Å²) in [7, 11) is 1.47. The van der Waals surface area contributed by atoms with E-state index in [4.69, 9.17) is 32.7 Å². The number of carbonyl (C=O) groups excluding carboxylic acids is 1. The Morgan fingerprint density at radius 2 is 1.69 bits per heavy atom. The van der Waals surface area contributed by atoms with Crippen LogP contribution in [0.4, 0.5) is 6.01 Å². The maximum absolute atomic E-state index is 12.5. The Labute approximate surface area is 157 Å². The van der Waals surface area contributed by atoms with Gasteiger partial charge >= 0.3 is 12.0 Å². The fourth-order valence-electron chi connectivity index (χ4n) is 2.16.